The van der Waals surface area contributed by atoms with E-state index in [1.165, 1.54) is 5.56 Å². The Morgan fingerprint density at radius 3 is 3.00 bits per heavy atom. The van der Waals surface area contributed by atoms with E-state index in [9.17, 15) is 0 Å². The first-order valence-corrected chi connectivity index (χ1v) is 5.07. The largest absolute Gasteiger partial charge is 0.310 e. The van der Waals surface area contributed by atoms with Crippen molar-refractivity contribution in [2.24, 2.45) is 7.05 Å². The second kappa shape index (κ2) is 5.60. The fraction of sp³-hybridized carbons (Fsp3) is 0.545. The first-order valence-electron chi connectivity index (χ1n) is 5.07. The van der Waals surface area contributed by atoms with E-state index in [1.54, 1.807) is 0 Å². The summed E-state index contributed by atoms with van der Waals surface area (Å²) in [5, 5.41) is 7.59. The number of allylic oxidation sites excluding steroid dienone is 1. The first-order chi connectivity index (χ1) is 6.74. The average molecular weight is 193 g/mol. The highest BCUT2D eigenvalue weighted by Gasteiger charge is 2.04. The third kappa shape index (κ3) is 3.34. The van der Waals surface area contributed by atoms with E-state index in [4.69, 9.17) is 0 Å². The molecule has 0 radical (unpaired) electrons. The highest BCUT2D eigenvalue weighted by atomic mass is 15.2. The minimum atomic E-state index is 0.383. The molecule has 0 bridgehead atoms. The molecule has 1 atom stereocenters. The Morgan fingerprint density at radius 1 is 1.64 bits per heavy atom. The molecule has 1 N–H and O–H groups in total. The number of aryl methyl sites for hydroxylation is 1. The van der Waals surface area contributed by atoms with Gasteiger partial charge in [0.05, 0.1) is 6.20 Å². The molecule has 0 aliphatic heterocycles. The standard InChI is InChI=1S/C11H19N3/c1-4-5-6-7-12-10(2)11-8-13-14(3)9-11/h4-5,8-10,12H,6-7H2,1-3H3/b5-4+. The zero-order chi connectivity index (χ0) is 10.4. The third-order valence-corrected chi connectivity index (χ3v) is 2.22. The summed E-state index contributed by atoms with van der Waals surface area (Å²) in [7, 11) is 1.94. The molecule has 0 aliphatic carbocycles. The number of nitrogens with one attached hydrogen (secondary N) is 1. The van der Waals surface area contributed by atoms with Crippen LogP contribution in [-0.2, 0) is 7.05 Å². The highest BCUT2D eigenvalue weighted by molar-refractivity contribution is 5.08. The summed E-state index contributed by atoms with van der Waals surface area (Å²) in [5.41, 5.74) is 1.24. The molecule has 3 heteroatoms. The lowest BCUT2D eigenvalue weighted by molar-refractivity contribution is 0.580. The molecule has 0 fully saturated rings. The van der Waals surface area contributed by atoms with Crippen LogP contribution in [0.15, 0.2) is 24.5 Å². The van der Waals surface area contributed by atoms with E-state index in [0.717, 1.165) is 13.0 Å². The Morgan fingerprint density at radius 2 is 2.43 bits per heavy atom. The zero-order valence-corrected chi connectivity index (χ0v) is 9.20. The van der Waals surface area contributed by atoms with Gasteiger partial charge in [0.15, 0.2) is 0 Å². The second-order valence-electron chi connectivity index (χ2n) is 3.48. The predicted molar refractivity (Wildman–Crippen MR) is 59.1 cm³/mol. The number of hydrogen-bond donors (Lipinski definition) is 1. The molecule has 1 aromatic rings. The van der Waals surface area contributed by atoms with Crippen LogP contribution < -0.4 is 5.32 Å². The summed E-state index contributed by atoms with van der Waals surface area (Å²) in [6.45, 7) is 5.22. The molecule has 78 valence electrons. The van der Waals surface area contributed by atoms with Gasteiger partial charge in [0.25, 0.3) is 0 Å². The molecule has 1 rings (SSSR count). The fourth-order valence-electron chi connectivity index (χ4n) is 1.33. The van der Waals surface area contributed by atoms with Gasteiger partial charge < -0.3 is 5.32 Å². The van der Waals surface area contributed by atoms with Crippen molar-refractivity contribution in [3.05, 3.63) is 30.1 Å². The third-order valence-electron chi connectivity index (χ3n) is 2.22. The maximum absolute atomic E-state index is 4.14. The van der Waals surface area contributed by atoms with Gasteiger partial charge in [0.1, 0.15) is 0 Å². The van der Waals surface area contributed by atoms with Gasteiger partial charge in [0, 0.05) is 24.8 Å². The van der Waals surface area contributed by atoms with Crippen molar-refractivity contribution in [3.63, 3.8) is 0 Å². The smallest absolute Gasteiger partial charge is 0.0537 e. The summed E-state index contributed by atoms with van der Waals surface area (Å²) in [5.74, 6) is 0. The molecule has 0 saturated carbocycles. The van der Waals surface area contributed by atoms with Crippen LogP contribution in [0.5, 0.6) is 0 Å². The molecule has 0 saturated heterocycles. The van der Waals surface area contributed by atoms with E-state index >= 15 is 0 Å². The molecule has 0 amide bonds. The maximum atomic E-state index is 4.14. The van der Waals surface area contributed by atoms with E-state index in [1.807, 2.05) is 31.0 Å². The topological polar surface area (TPSA) is 29.9 Å². The van der Waals surface area contributed by atoms with Crippen molar-refractivity contribution in [2.45, 2.75) is 26.3 Å². The quantitative estimate of drug-likeness (QED) is 0.573. The predicted octanol–water partition coefficient (Wildman–Crippen LogP) is 2.04. The molecule has 1 unspecified atom stereocenters. The molecule has 0 aliphatic rings. The minimum absolute atomic E-state index is 0.383. The zero-order valence-electron chi connectivity index (χ0n) is 9.20. The van der Waals surface area contributed by atoms with Gasteiger partial charge >= 0.3 is 0 Å². The van der Waals surface area contributed by atoms with Gasteiger partial charge in [-0.3, -0.25) is 4.68 Å². The van der Waals surface area contributed by atoms with Gasteiger partial charge in [-0.15, -0.1) is 0 Å². The van der Waals surface area contributed by atoms with E-state index < -0.39 is 0 Å². The SMILES string of the molecule is C/C=C/CCNC(C)c1cnn(C)c1. The Kier molecular flexibility index (Phi) is 4.40. The van der Waals surface area contributed by atoms with Crippen LogP contribution in [0, 0.1) is 0 Å². The van der Waals surface area contributed by atoms with E-state index in [-0.39, 0.29) is 0 Å². The second-order valence-corrected chi connectivity index (χ2v) is 3.48. The van der Waals surface area contributed by atoms with Crippen molar-refractivity contribution in [2.75, 3.05) is 6.54 Å². The lowest BCUT2D eigenvalue weighted by atomic mass is 10.2. The van der Waals surface area contributed by atoms with Crippen molar-refractivity contribution in [1.29, 1.82) is 0 Å². The van der Waals surface area contributed by atoms with Gasteiger partial charge in [-0.25, -0.2) is 0 Å². The van der Waals surface area contributed by atoms with Gasteiger partial charge in [-0.05, 0) is 26.8 Å². The lowest BCUT2D eigenvalue weighted by Crippen LogP contribution is -2.18. The van der Waals surface area contributed by atoms with Gasteiger partial charge in [-0.2, -0.15) is 5.10 Å². The highest BCUT2D eigenvalue weighted by Crippen LogP contribution is 2.09. The number of aromatic nitrogens is 2. The Balaban J connectivity index is 2.31. The van der Waals surface area contributed by atoms with Crippen LogP contribution in [0.1, 0.15) is 31.9 Å². The van der Waals surface area contributed by atoms with Crippen LogP contribution in [0.25, 0.3) is 0 Å². The molecule has 3 nitrogen and oxygen atoms in total. The molecule has 0 aromatic carbocycles. The number of hydrogen-bond acceptors (Lipinski definition) is 2. The van der Waals surface area contributed by atoms with Crippen LogP contribution in [0.2, 0.25) is 0 Å². The summed E-state index contributed by atoms with van der Waals surface area (Å²) < 4.78 is 1.83. The summed E-state index contributed by atoms with van der Waals surface area (Å²) in [6.07, 6.45) is 9.29. The van der Waals surface area contributed by atoms with Crippen LogP contribution in [0.4, 0.5) is 0 Å². The van der Waals surface area contributed by atoms with Gasteiger partial charge in [0.2, 0.25) is 0 Å². The average Bonchev–Trinajstić information content (AvgIpc) is 2.59. The molecule has 1 aromatic heterocycles. The van der Waals surface area contributed by atoms with Crippen molar-refractivity contribution in [3.8, 4) is 0 Å². The molecule has 0 spiro atoms. The van der Waals surface area contributed by atoms with Gasteiger partial charge in [-0.1, -0.05) is 12.2 Å². The van der Waals surface area contributed by atoms with Crippen molar-refractivity contribution >= 4 is 0 Å². The Labute approximate surface area is 85.8 Å². The molecule has 1 heterocycles. The Bertz CT molecular complexity index is 288. The first kappa shape index (κ1) is 11.0. The van der Waals surface area contributed by atoms with Crippen LogP contribution in [0.3, 0.4) is 0 Å². The molecule has 14 heavy (non-hydrogen) atoms. The monoisotopic (exact) mass is 193 g/mol. The summed E-state index contributed by atoms with van der Waals surface area (Å²) in [6, 6.07) is 0.383. The molecular weight excluding hydrogens is 174 g/mol. The van der Waals surface area contributed by atoms with E-state index in [2.05, 4.69) is 29.5 Å². The normalized spacial score (nSPS) is 13.6. The van der Waals surface area contributed by atoms with Crippen molar-refractivity contribution < 1.29 is 0 Å². The summed E-state index contributed by atoms with van der Waals surface area (Å²) >= 11 is 0. The van der Waals surface area contributed by atoms with Crippen LogP contribution >= 0.6 is 0 Å². The fourth-order valence-corrected chi connectivity index (χ4v) is 1.33. The number of rotatable bonds is 5. The lowest BCUT2D eigenvalue weighted by Gasteiger charge is -2.10. The van der Waals surface area contributed by atoms with Crippen LogP contribution in [-0.4, -0.2) is 16.3 Å². The summed E-state index contributed by atoms with van der Waals surface area (Å²) in [4.78, 5) is 0. The van der Waals surface area contributed by atoms with E-state index in [0.29, 0.717) is 6.04 Å². The van der Waals surface area contributed by atoms with Crippen molar-refractivity contribution in [1.82, 2.24) is 15.1 Å². The molecular formula is C11H19N3. The number of nitrogens with zero attached hydrogens (tertiary/aromatic N) is 2. The Hall–Kier alpha value is -1.09. The minimum Gasteiger partial charge on any atom is -0.310 e. The maximum Gasteiger partial charge on any atom is 0.0537 e.